The maximum atomic E-state index is 12.7. The lowest BCUT2D eigenvalue weighted by molar-refractivity contribution is -0.144. The molecule has 0 aliphatic heterocycles. The van der Waals surface area contributed by atoms with E-state index in [1.165, 1.54) is 0 Å². The molecule has 5 amide bonds. The predicted octanol–water partition coefficient (Wildman–Crippen LogP) is -3.08. The van der Waals surface area contributed by atoms with Gasteiger partial charge in [0.05, 0.1) is 18.9 Å². The SMILES string of the molecule is CC(C)C(N)C(=O)NC(CC(N)=O)C(=O)NC(C(=O)NC(CC(N)=O)C(=O)O)C(C)C. The molecule has 0 aliphatic carbocycles. The Morgan fingerprint density at radius 3 is 1.55 bits per heavy atom. The van der Waals surface area contributed by atoms with Crippen molar-refractivity contribution in [2.45, 2.75) is 64.7 Å². The van der Waals surface area contributed by atoms with Gasteiger partial charge in [0, 0.05) is 0 Å². The minimum Gasteiger partial charge on any atom is -0.480 e. The van der Waals surface area contributed by atoms with Gasteiger partial charge in [-0.2, -0.15) is 0 Å². The number of rotatable bonds is 13. The molecule has 0 radical (unpaired) electrons. The van der Waals surface area contributed by atoms with Crippen molar-refractivity contribution < 1.29 is 33.9 Å². The van der Waals surface area contributed by atoms with Crippen LogP contribution < -0.4 is 33.2 Å². The van der Waals surface area contributed by atoms with Gasteiger partial charge < -0.3 is 38.3 Å². The van der Waals surface area contributed by atoms with Crippen molar-refractivity contribution in [2.75, 3.05) is 0 Å². The zero-order valence-electron chi connectivity index (χ0n) is 18.0. The third-order valence-electron chi connectivity index (χ3n) is 4.33. The molecule has 13 nitrogen and oxygen atoms in total. The molecule has 0 fully saturated rings. The summed E-state index contributed by atoms with van der Waals surface area (Å²) in [4.78, 5) is 71.0. The molecule has 0 aromatic heterocycles. The van der Waals surface area contributed by atoms with Gasteiger partial charge in [-0.1, -0.05) is 27.7 Å². The maximum Gasteiger partial charge on any atom is 0.326 e. The second-order valence-corrected chi connectivity index (χ2v) is 7.80. The van der Waals surface area contributed by atoms with Gasteiger partial charge in [-0.3, -0.25) is 24.0 Å². The quantitative estimate of drug-likeness (QED) is 0.153. The zero-order valence-corrected chi connectivity index (χ0v) is 18.0. The molecule has 4 atom stereocenters. The smallest absolute Gasteiger partial charge is 0.326 e. The second kappa shape index (κ2) is 12.5. The Morgan fingerprint density at radius 1 is 0.710 bits per heavy atom. The lowest BCUT2D eigenvalue weighted by atomic mass is 10.0. The summed E-state index contributed by atoms with van der Waals surface area (Å²) in [6.45, 7) is 6.53. The minimum atomic E-state index is -1.59. The van der Waals surface area contributed by atoms with E-state index < -0.39 is 78.4 Å². The zero-order chi connectivity index (χ0) is 24.5. The molecule has 0 bridgehead atoms. The molecule has 0 saturated heterocycles. The van der Waals surface area contributed by atoms with Crippen LogP contribution >= 0.6 is 0 Å². The standard InChI is InChI=1S/C18H32N6O7/c1-7(2)13(21)16(28)22-9(5-11(19)25)15(27)24-14(8(3)4)17(29)23-10(18(30)31)6-12(20)26/h7-10,13-14H,5-6,21H2,1-4H3,(H2,19,25)(H2,20,26)(H,22,28)(H,23,29)(H,24,27)(H,30,31). The normalized spacial score (nSPS) is 14.8. The van der Waals surface area contributed by atoms with Crippen molar-refractivity contribution in [3.05, 3.63) is 0 Å². The number of hydrogen-bond acceptors (Lipinski definition) is 7. The van der Waals surface area contributed by atoms with E-state index in [0.717, 1.165) is 0 Å². The number of primary amides is 2. The van der Waals surface area contributed by atoms with Crippen molar-refractivity contribution in [2.24, 2.45) is 29.0 Å². The lowest BCUT2D eigenvalue weighted by Gasteiger charge is -2.27. The van der Waals surface area contributed by atoms with Crippen LogP contribution in [-0.2, 0) is 28.8 Å². The van der Waals surface area contributed by atoms with Crippen LogP contribution in [0.5, 0.6) is 0 Å². The number of aliphatic carboxylic acids is 1. The van der Waals surface area contributed by atoms with E-state index in [1.807, 2.05) is 0 Å². The van der Waals surface area contributed by atoms with Crippen LogP contribution in [0.4, 0.5) is 0 Å². The van der Waals surface area contributed by atoms with Crippen LogP contribution in [-0.4, -0.2) is 64.8 Å². The van der Waals surface area contributed by atoms with E-state index in [0.29, 0.717) is 0 Å². The molecular weight excluding hydrogens is 412 g/mol. The largest absolute Gasteiger partial charge is 0.480 e. The van der Waals surface area contributed by atoms with Gasteiger partial charge in [0.25, 0.3) is 0 Å². The molecule has 10 N–H and O–H groups in total. The number of nitrogens with two attached hydrogens (primary N) is 3. The third-order valence-corrected chi connectivity index (χ3v) is 4.33. The average molecular weight is 444 g/mol. The highest BCUT2D eigenvalue weighted by atomic mass is 16.4. The maximum absolute atomic E-state index is 12.7. The van der Waals surface area contributed by atoms with Crippen molar-refractivity contribution in [1.82, 2.24) is 16.0 Å². The second-order valence-electron chi connectivity index (χ2n) is 7.80. The Labute approximate surface area is 179 Å². The first-order chi connectivity index (χ1) is 14.2. The molecule has 13 heteroatoms. The Balaban J connectivity index is 5.48. The van der Waals surface area contributed by atoms with Gasteiger partial charge in [-0.25, -0.2) is 4.79 Å². The molecule has 0 aromatic carbocycles. The highest BCUT2D eigenvalue weighted by Crippen LogP contribution is 2.06. The number of carbonyl (C=O) groups excluding carboxylic acids is 5. The molecule has 0 rings (SSSR count). The minimum absolute atomic E-state index is 0.246. The molecule has 0 spiro atoms. The lowest BCUT2D eigenvalue weighted by Crippen LogP contribution is -2.59. The summed E-state index contributed by atoms with van der Waals surface area (Å²) >= 11 is 0. The molecule has 0 aromatic rings. The summed E-state index contributed by atoms with van der Waals surface area (Å²) in [6, 6.07) is -5.18. The van der Waals surface area contributed by atoms with Gasteiger partial charge in [0.2, 0.25) is 29.5 Å². The molecule has 176 valence electrons. The van der Waals surface area contributed by atoms with Gasteiger partial charge >= 0.3 is 5.97 Å². The molecule has 4 unspecified atom stereocenters. The van der Waals surface area contributed by atoms with Crippen LogP contribution in [0.3, 0.4) is 0 Å². The van der Waals surface area contributed by atoms with Crippen LogP contribution in [0.15, 0.2) is 0 Å². The fourth-order valence-corrected chi connectivity index (χ4v) is 2.43. The van der Waals surface area contributed by atoms with E-state index in [-0.39, 0.29) is 5.92 Å². The Kier molecular flexibility index (Phi) is 11.2. The Hall–Kier alpha value is -3.22. The summed E-state index contributed by atoms with van der Waals surface area (Å²) in [7, 11) is 0. The summed E-state index contributed by atoms with van der Waals surface area (Å²) in [5.41, 5.74) is 15.9. The number of carboxylic acid groups (broad SMARTS) is 1. The van der Waals surface area contributed by atoms with Gasteiger partial charge in [-0.05, 0) is 11.8 Å². The fraction of sp³-hybridized carbons (Fsp3) is 0.667. The fourth-order valence-electron chi connectivity index (χ4n) is 2.43. The topological polar surface area (TPSA) is 237 Å². The van der Waals surface area contributed by atoms with Crippen LogP contribution in [0.1, 0.15) is 40.5 Å². The third kappa shape index (κ3) is 9.89. The van der Waals surface area contributed by atoms with Crippen molar-refractivity contribution in [3.63, 3.8) is 0 Å². The van der Waals surface area contributed by atoms with Crippen LogP contribution in [0.25, 0.3) is 0 Å². The number of amides is 5. The summed E-state index contributed by atoms with van der Waals surface area (Å²) in [5.74, 6) is -6.53. The van der Waals surface area contributed by atoms with Gasteiger partial charge in [0.1, 0.15) is 18.1 Å². The van der Waals surface area contributed by atoms with Crippen molar-refractivity contribution in [3.8, 4) is 0 Å². The molecule has 31 heavy (non-hydrogen) atoms. The van der Waals surface area contributed by atoms with Gasteiger partial charge in [0.15, 0.2) is 0 Å². The van der Waals surface area contributed by atoms with E-state index in [1.54, 1.807) is 27.7 Å². The first kappa shape index (κ1) is 27.8. The van der Waals surface area contributed by atoms with Gasteiger partial charge in [-0.15, -0.1) is 0 Å². The average Bonchev–Trinajstić information content (AvgIpc) is 2.62. The molecular formula is C18H32N6O7. The van der Waals surface area contributed by atoms with Crippen LogP contribution in [0.2, 0.25) is 0 Å². The number of carbonyl (C=O) groups is 6. The molecule has 0 heterocycles. The van der Waals surface area contributed by atoms with E-state index in [4.69, 9.17) is 22.3 Å². The number of carboxylic acids is 1. The first-order valence-corrected chi connectivity index (χ1v) is 9.63. The number of hydrogen-bond donors (Lipinski definition) is 7. The van der Waals surface area contributed by atoms with Crippen molar-refractivity contribution >= 4 is 35.5 Å². The highest BCUT2D eigenvalue weighted by molar-refractivity contribution is 5.96. The van der Waals surface area contributed by atoms with Crippen LogP contribution in [0, 0.1) is 11.8 Å². The molecule has 0 saturated carbocycles. The van der Waals surface area contributed by atoms with E-state index in [2.05, 4.69) is 16.0 Å². The molecule has 0 aliphatic rings. The monoisotopic (exact) mass is 444 g/mol. The Bertz CT molecular complexity index is 710. The van der Waals surface area contributed by atoms with E-state index >= 15 is 0 Å². The predicted molar refractivity (Wildman–Crippen MR) is 109 cm³/mol. The summed E-state index contributed by atoms with van der Waals surface area (Å²) in [5, 5.41) is 16.0. The van der Waals surface area contributed by atoms with E-state index in [9.17, 15) is 28.8 Å². The summed E-state index contributed by atoms with van der Waals surface area (Å²) in [6.07, 6.45) is -1.19. The van der Waals surface area contributed by atoms with Crippen molar-refractivity contribution in [1.29, 1.82) is 0 Å². The number of nitrogens with one attached hydrogen (secondary N) is 3. The first-order valence-electron chi connectivity index (χ1n) is 9.63. The summed E-state index contributed by atoms with van der Waals surface area (Å²) < 4.78 is 0. The highest BCUT2D eigenvalue weighted by Gasteiger charge is 2.33. The Morgan fingerprint density at radius 2 is 1.16 bits per heavy atom.